The molecular weight excluding hydrogens is 458 g/mol. The fourth-order valence-electron chi connectivity index (χ4n) is 3.15. The Bertz CT molecular complexity index is 1230. The van der Waals surface area contributed by atoms with Gasteiger partial charge in [0.05, 0.1) is 33.4 Å². The van der Waals surface area contributed by atoms with Gasteiger partial charge in [0.2, 0.25) is 0 Å². The zero-order chi connectivity index (χ0) is 25.5. The van der Waals surface area contributed by atoms with Crippen molar-refractivity contribution in [3.05, 3.63) is 75.8 Å². The van der Waals surface area contributed by atoms with Crippen LogP contribution in [0.1, 0.15) is 20.7 Å². The lowest BCUT2D eigenvalue weighted by Crippen LogP contribution is -2.15. The molecule has 0 heterocycles. The molecule has 0 unspecified atom stereocenters. The Morgan fingerprint density at radius 2 is 1.11 bits per heavy atom. The molecule has 0 bridgehead atoms. The van der Waals surface area contributed by atoms with E-state index in [0.717, 1.165) is 0 Å². The molecule has 0 aliphatic rings. The van der Waals surface area contributed by atoms with Gasteiger partial charge in [-0.1, -0.05) is 0 Å². The third kappa shape index (κ3) is 5.96. The van der Waals surface area contributed by atoms with Crippen LogP contribution in [0.25, 0.3) is 0 Å². The summed E-state index contributed by atoms with van der Waals surface area (Å²) in [6, 6.07) is 13.0. The van der Waals surface area contributed by atoms with Gasteiger partial charge < -0.3 is 29.6 Å². The topological polar surface area (TPSA) is 138 Å². The fourth-order valence-corrected chi connectivity index (χ4v) is 3.15. The molecular formula is C24H23N3O8. The Hall–Kier alpha value is -4.80. The van der Waals surface area contributed by atoms with Crippen LogP contribution >= 0.6 is 0 Å². The van der Waals surface area contributed by atoms with Gasteiger partial charge >= 0.3 is 0 Å². The Morgan fingerprint density at radius 1 is 0.686 bits per heavy atom. The zero-order valence-corrected chi connectivity index (χ0v) is 19.4. The van der Waals surface area contributed by atoms with Gasteiger partial charge in [0, 0.05) is 35.0 Å². The Kier molecular flexibility index (Phi) is 7.72. The predicted molar refractivity (Wildman–Crippen MR) is 128 cm³/mol. The minimum Gasteiger partial charge on any atom is -0.497 e. The molecule has 0 aliphatic carbocycles. The van der Waals surface area contributed by atoms with Crippen molar-refractivity contribution in [2.75, 3.05) is 39.1 Å². The molecule has 3 aromatic carbocycles. The van der Waals surface area contributed by atoms with Crippen molar-refractivity contribution in [3.63, 3.8) is 0 Å². The number of rotatable bonds is 9. The van der Waals surface area contributed by atoms with Gasteiger partial charge in [0.15, 0.2) is 0 Å². The average Bonchev–Trinajstić information content (AvgIpc) is 2.87. The molecule has 11 nitrogen and oxygen atoms in total. The maximum Gasteiger partial charge on any atom is 0.292 e. The number of amides is 2. The highest BCUT2D eigenvalue weighted by Crippen LogP contribution is 2.30. The number of hydrogen-bond acceptors (Lipinski definition) is 8. The standard InChI is InChI=1S/C24H23N3O8/c1-32-17-7-14(8-18(12-17)33-2)23(28)25-16-5-6-22(27(30)31)21(11-16)26-24(29)15-9-19(34-3)13-20(10-15)35-4/h5-13H,1-4H3,(H,25,28)(H,26,29). The summed E-state index contributed by atoms with van der Waals surface area (Å²) in [5, 5.41) is 16.7. The van der Waals surface area contributed by atoms with Crippen LogP contribution < -0.4 is 29.6 Å². The number of carbonyl (C=O) groups excluding carboxylic acids is 2. The van der Waals surface area contributed by atoms with Gasteiger partial charge in [0.1, 0.15) is 28.7 Å². The summed E-state index contributed by atoms with van der Waals surface area (Å²) in [5.74, 6) is 0.439. The van der Waals surface area contributed by atoms with Crippen molar-refractivity contribution in [1.82, 2.24) is 0 Å². The van der Waals surface area contributed by atoms with Crippen LogP contribution in [0.5, 0.6) is 23.0 Å². The normalized spacial score (nSPS) is 10.2. The molecule has 0 atom stereocenters. The minimum absolute atomic E-state index is 0.109. The molecule has 3 aromatic rings. The van der Waals surface area contributed by atoms with Gasteiger partial charge in [-0.2, -0.15) is 0 Å². The number of nitro benzene ring substituents is 1. The first kappa shape index (κ1) is 24.8. The maximum absolute atomic E-state index is 12.9. The van der Waals surface area contributed by atoms with E-state index in [9.17, 15) is 19.7 Å². The maximum atomic E-state index is 12.9. The molecule has 35 heavy (non-hydrogen) atoms. The second-order valence-electron chi connectivity index (χ2n) is 7.10. The van der Waals surface area contributed by atoms with E-state index < -0.39 is 16.7 Å². The van der Waals surface area contributed by atoms with E-state index in [0.29, 0.717) is 23.0 Å². The van der Waals surface area contributed by atoms with Gasteiger partial charge in [-0.15, -0.1) is 0 Å². The predicted octanol–water partition coefficient (Wildman–Crippen LogP) is 4.13. The third-order valence-electron chi connectivity index (χ3n) is 4.93. The summed E-state index contributed by atoms with van der Waals surface area (Å²) in [6.45, 7) is 0. The molecule has 0 radical (unpaired) electrons. The van der Waals surface area contributed by atoms with E-state index in [2.05, 4.69) is 10.6 Å². The number of nitro groups is 1. The quantitative estimate of drug-likeness (QED) is 0.344. The van der Waals surface area contributed by atoms with Crippen LogP contribution in [0.2, 0.25) is 0 Å². The highest BCUT2D eigenvalue weighted by atomic mass is 16.6. The second kappa shape index (κ2) is 10.9. The van der Waals surface area contributed by atoms with Crippen molar-refractivity contribution in [2.45, 2.75) is 0 Å². The van der Waals surface area contributed by atoms with E-state index in [-0.39, 0.29) is 28.2 Å². The highest BCUT2D eigenvalue weighted by molar-refractivity contribution is 6.08. The van der Waals surface area contributed by atoms with Crippen molar-refractivity contribution < 1.29 is 33.5 Å². The summed E-state index contributed by atoms with van der Waals surface area (Å²) < 4.78 is 20.7. The number of anilines is 2. The van der Waals surface area contributed by atoms with E-state index in [1.165, 1.54) is 70.9 Å². The molecule has 0 saturated carbocycles. The SMILES string of the molecule is COc1cc(OC)cc(C(=O)Nc2ccc([N+](=O)[O-])c(NC(=O)c3cc(OC)cc(OC)c3)c2)c1. The van der Waals surface area contributed by atoms with E-state index in [1.54, 1.807) is 12.1 Å². The average molecular weight is 481 g/mol. The van der Waals surface area contributed by atoms with Crippen molar-refractivity contribution in [1.29, 1.82) is 0 Å². The lowest BCUT2D eigenvalue weighted by molar-refractivity contribution is -0.383. The van der Waals surface area contributed by atoms with Crippen molar-refractivity contribution >= 4 is 28.9 Å². The third-order valence-corrected chi connectivity index (χ3v) is 4.93. The summed E-state index contributed by atoms with van der Waals surface area (Å²) in [5.41, 5.74) is 0.167. The number of ether oxygens (including phenoxy) is 4. The smallest absolute Gasteiger partial charge is 0.292 e. The Labute approximate surface area is 200 Å². The molecule has 0 saturated heterocycles. The van der Waals surface area contributed by atoms with Gasteiger partial charge in [-0.05, 0) is 36.4 Å². The first-order valence-corrected chi connectivity index (χ1v) is 10.1. The minimum atomic E-state index is -0.639. The Morgan fingerprint density at radius 3 is 1.51 bits per heavy atom. The van der Waals surface area contributed by atoms with Crippen LogP contribution in [0, 0.1) is 10.1 Å². The van der Waals surface area contributed by atoms with Gasteiger partial charge in [0.25, 0.3) is 17.5 Å². The first-order chi connectivity index (χ1) is 16.8. The monoisotopic (exact) mass is 481 g/mol. The molecule has 11 heteroatoms. The van der Waals surface area contributed by atoms with E-state index in [1.807, 2.05) is 0 Å². The molecule has 182 valence electrons. The number of carbonyl (C=O) groups is 2. The fraction of sp³-hybridized carbons (Fsp3) is 0.167. The van der Waals surface area contributed by atoms with Crippen LogP contribution in [0.15, 0.2) is 54.6 Å². The van der Waals surface area contributed by atoms with Crippen LogP contribution in [0.3, 0.4) is 0 Å². The van der Waals surface area contributed by atoms with Gasteiger partial charge in [-0.25, -0.2) is 0 Å². The molecule has 0 aromatic heterocycles. The highest BCUT2D eigenvalue weighted by Gasteiger charge is 2.20. The number of nitrogens with one attached hydrogen (secondary N) is 2. The molecule has 2 amide bonds. The van der Waals surface area contributed by atoms with Gasteiger partial charge in [-0.3, -0.25) is 19.7 Å². The molecule has 0 aliphatic heterocycles. The summed E-state index contributed by atoms with van der Waals surface area (Å²) in [7, 11) is 5.79. The largest absolute Gasteiger partial charge is 0.497 e. The van der Waals surface area contributed by atoms with Crippen molar-refractivity contribution in [3.8, 4) is 23.0 Å². The summed E-state index contributed by atoms with van der Waals surface area (Å²) >= 11 is 0. The van der Waals surface area contributed by atoms with Crippen LogP contribution in [0.4, 0.5) is 17.1 Å². The van der Waals surface area contributed by atoms with Crippen LogP contribution in [-0.2, 0) is 0 Å². The first-order valence-electron chi connectivity index (χ1n) is 10.1. The number of hydrogen-bond donors (Lipinski definition) is 2. The molecule has 0 fully saturated rings. The van der Waals surface area contributed by atoms with E-state index >= 15 is 0 Å². The number of benzene rings is 3. The van der Waals surface area contributed by atoms with Crippen molar-refractivity contribution in [2.24, 2.45) is 0 Å². The number of nitrogens with zero attached hydrogens (tertiary/aromatic N) is 1. The molecule has 2 N–H and O–H groups in total. The lowest BCUT2D eigenvalue weighted by Gasteiger charge is -2.12. The lowest BCUT2D eigenvalue weighted by atomic mass is 10.1. The second-order valence-corrected chi connectivity index (χ2v) is 7.10. The Balaban J connectivity index is 1.90. The molecule has 3 rings (SSSR count). The number of methoxy groups -OCH3 is 4. The summed E-state index contributed by atoms with van der Waals surface area (Å²) in [6.07, 6.45) is 0. The molecule has 0 spiro atoms. The summed E-state index contributed by atoms with van der Waals surface area (Å²) in [4.78, 5) is 36.6. The van der Waals surface area contributed by atoms with Crippen LogP contribution in [-0.4, -0.2) is 45.2 Å². The van der Waals surface area contributed by atoms with E-state index in [4.69, 9.17) is 18.9 Å². The zero-order valence-electron chi connectivity index (χ0n) is 19.4.